The van der Waals surface area contributed by atoms with E-state index in [-0.39, 0.29) is 25.0 Å². The van der Waals surface area contributed by atoms with Gasteiger partial charge in [0.2, 0.25) is 0 Å². The number of carbonyl (C=O) groups excluding carboxylic acids is 4. The van der Waals surface area contributed by atoms with Gasteiger partial charge in [0.1, 0.15) is 6.26 Å². The van der Waals surface area contributed by atoms with Gasteiger partial charge in [0.25, 0.3) is 0 Å². The van der Waals surface area contributed by atoms with E-state index in [1.165, 1.54) is 13.8 Å². The van der Waals surface area contributed by atoms with Gasteiger partial charge in [0.05, 0.1) is 19.3 Å². The van der Waals surface area contributed by atoms with Crippen molar-refractivity contribution < 1.29 is 52.7 Å². The van der Waals surface area contributed by atoms with Crippen LogP contribution >= 0.6 is 11.6 Å². The molecule has 1 heterocycles. The zero-order valence-electron chi connectivity index (χ0n) is 25.7. The monoisotopic (exact) mass is 647 g/mol. The molecule has 13 heteroatoms. The minimum absolute atomic E-state index is 0.00434. The Balaban J connectivity index is 1.74. The molecule has 3 rings (SSSR count). The van der Waals surface area contributed by atoms with E-state index in [9.17, 15) is 24.3 Å². The molecule has 0 radical (unpaired) electrons. The summed E-state index contributed by atoms with van der Waals surface area (Å²) in [6.45, 7) is 8.00. The first-order valence-electron chi connectivity index (χ1n) is 14.5. The van der Waals surface area contributed by atoms with Crippen LogP contribution in [0.4, 0.5) is 0 Å². The third kappa shape index (κ3) is 9.43. The minimum Gasteiger partial charge on any atom is -0.463 e. The van der Waals surface area contributed by atoms with Crippen molar-refractivity contribution in [2.45, 2.75) is 71.2 Å². The second-order valence-electron chi connectivity index (χ2n) is 10.2. The maximum absolute atomic E-state index is 13.3. The normalized spacial score (nSPS) is 18.2. The number of aliphatic hydroxyl groups excluding tert-OH is 1. The highest BCUT2D eigenvalue weighted by Gasteiger charge is 2.60. The van der Waals surface area contributed by atoms with Gasteiger partial charge in [0.15, 0.2) is 18.0 Å². The Morgan fingerprint density at radius 2 is 1.51 bits per heavy atom. The first kappa shape index (κ1) is 35.4. The number of carbonyl (C=O) groups is 4. The molecule has 2 aromatic rings. The van der Waals surface area contributed by atoms with E-state index in [0.29, 0.717) is 29.1 Å². The van der Waals surface area contributed by atoms with E-state index in [1.54, 1.807) is 56.3 Å². The summed E-state index contributed by atoms with van der Waals surface area (Å²) in [5.41, 5.74) is 2.02. The van der Waals surface area contributed by atoms with Gasteiger partial charge in [-0.15, -0.1) is 0 Å². The Hall–Kier alpha value is -4.13. The Bertz CT molecular complexity index is 1360. The average Bonchev–Trinajstić information content (AvgIpc) is 3.47. The van der Waals surface area contributed by atoms with Gasteiger partial charge in [-0.1, -0.05) is 41.9 Å². The van der Waals surface area contributed by atoms with Gasteiger partial charge >= 0.3 is 29.7 Å². The summed E-state index contributed by atoms with van der Waals surface area (Å²) in [6.07, 6.45) is -1.97. The second-order valence-corrected chi connectivity index (χ2v) is 10.6. The van der Waals surface area contributed by atoms with Crippen LogP contribution in [-0.2, 0) is 54.0 Å². The Morgan fingerprint density at radius 3 is 2.09 bits per heavy atom. The summed E-state index contributed by atoms with van der Waals surface area (Å²) in [4.78, 5) is 50.7. The third-order valence-corrected chi connectivity index (χ3v) is 6.81. The molecule has 0 saturated heterocycles. The first-order valence-corrected chi connectivity index (χ1v) is 14.9. The van der Waals surface area contributed by atoms with Crippen molar-refractivity contribution in [3.63, 3.8) is 0 Å². The van der Waals surface area contributed by atoms with Gasteiger partial charge in [0, 0.05) is 23.2 Å². The number of benzene rings is 2. The zero-order valence-corrected chi connectivity index (χ0v) is 26.5. The lowest BCUT2D eigenvalue weighted by atomic mass is 10.0. The van der Waals surface area contributed by atoms with Crippen molar-refractivity contribution in [1.29, 1.82) is 0 Å². The first-order chi connectivity index (χ1) is 21.4. The van der Waals surface area contributed by atoms with E-state index in [1.807, 2.05) is 13.0 Å². The lowest BCUT2D eigenvalue weighted by Gasteiger charge is -2.26. The quantitative estimate of drug-likeness (QED) is 0.165. The van der Waals surface area contributed by atoms with Crippen LogP contribution in [-0.4, -0.2) is 72.8 Å². The molecule has 4 unspecified atom stereocenters. The van der Waals surface area contributed by atoms with Crippen LogP contribution in [0.2, 0.25) is 5.02 Å². The minimum atomic E-state index is -2.81. The number of esters is 4. The summed E-state index contributed by atoms with van der Waals surface area (Å²) >= 11 is 6.03. The fourth-order valence-electron chi connectivity index (χ4n) is 4.24. The predicted molar refractivity (Wildman–Crippen MR) is 161 cm³/mol. The van der Waals surface area contributed by atoms with Crippen molar-refractivity contribution in [3.8, 4) is 0 Å². The Labute approximate surface area is 266 Å². The molecule has 0 fully saturated rings. The summed E-state index contributed by atoms with van der Waals surface area (Å²) in [5.74, 6) is -7.29. The van der Waals surface area contributed by atoms with Crippen LogP contribution in [0.5, 0.6) is 0 Å². The van der Waals surface area contributed by atoms with E-state index in [4.69, 9.17) is 40.0 Å². The molecule has 1 aliphatic rings. The maximum Gasteiger partial charge on any atom is 0.453 e. The SMILES string of the molecule is CCOC(=O)C(C)OC(=O)C1(C(=O)OC(C)C(=O)OCC)OC=C(c2cccc(CC(C)NCC(O)c3cccc(Cl)c3)c2)O1. The van der Waals surface area contributed by atoms with Crippen LogP contribution < -0.4 is 5.32 Å². The molecule has 45 heavy (non-hydrogen) atoms. The Morgan fingerprint density at radius 1 is 0.911 bits per heavy atom. The molecule has 0 aromatic heterocycles. The second kappa shape index (κ2) is 16.3. The van der Waals surface area contributed by atoms with Gasteiger partial charge < -0.3 is 38.8 Å². The highest BCUT2D eigenvalue weighted by molar-refractivity contribution is 6.30. The number of nitrogens with one attached hydrogen (secondary N) is 1. The fraction of sp³-hybridized carbons (Fsp3) is 0.438. The van der Waals surface area contributed by atoms with Crippen LogP contribution in [0, 0.1) is 0 Å². The van der Waals surface area contributed by atoms with Crippen molar-refractivity contribution in [2.75, 3.05) is 19.8 Å². The molecule has 0 spiro atoms. The molecule has 0 amide bonds. The van der Waals surface area contributed by atoms with E-state index >= 15 is 0 Å². The van der Waals surface area contributed by atoms with Crippen LogP contribution in [0.1, 0.15) is 57.4 Å². The van der Waals surface area contributed by atoms with E-state index in [2.05, 4.69) is 5.32 Å². The summed E-state index contributed by atoms with van der Waals surface area (Å²) in [7, 11) is 0. The molecule has 244 valence electrons. The number of aliphatic hydroxyl groups is 1. The summed E-state index contributed by atoms with van der Waals surface area (Å²) < 4.78 is 31.3. The molecule has 1 aliphatic heterocycles. The maximum atomic E-state index is 13.3. The third-order valence-electron chi connectivity index (χ3n) is 6.57. The molecule has 0 bridgehead atoms. The number of ether oxygens (including phenoxy) is 6. The lowest BCUT2D eigenvalue weighted by Crippen LogP contribution is -2.52. The molecular formula is C32H38ClNO11. The van der Waals surface area contributed by atoms with Crippen LogP contribution in [0.3, 0.4) is 0 Å². The van der Waals surface area contributed by atoms with Gasteiger partial charge in [-0.05, 0) is 70.4 Å². The predicted octanol–water partition coefficient (Wildman–Crippen LogP) is 3.63. The van der Waals surface area contributed by atoms with Gasteiger partial charge in [-0.25, -0.2) is 19.2 Å². The summed E-state index contributed by atoms with van der Waals surface area (Å²) in [5, 5.41) is 14.4. The molecular weight excluding hydrogens is 610 g/mol. The molecule has 12 nitrogen and oxygen atoms in total. The van der Waals surface area contributed by atoms with E-state index in [0.717, 1.165) is 11.8 Å². The van der Waals surface area contributed by atoms with Gasteiger partial charge in [-0.3, -0.25) is 0 Å². The van der Waals surface area contributed by atoms with Gasteiger partial charge in [-0.2, -0.15) is 0 Å². The number of hydrogen-bond donors (Lipinski definition) is 2. The zero-order chi connectivity index (χ0) is 33.1. The smallest absolute Gasteiger partial charge is 0.453 e. The lowest BCUT2D eigenvalue weighted by molar-refractivity contribution is -0.223. The Kier molecular flexibility index (Phi) is 12.8. The van der Waals surface area contributed by atoms with Crippen molar-refractivity contribution in [1.82, 2.24) is 5.32 Å². The highest BCUT2D eigenvalue weighted by atomic mass is 35.5. The largest absolute Gasteiger partial charge is 0.463 e. The average molecular weight is 648 g/mol. The van der Waals surface area contributed by atoms with Crippen molar-refractivity contribution in [2.24, 2.45) is 0 Å². The fourth-order valence-corrected chi connectivity index (χ4v) is 4.44. The highest BCUT2D eigenvalue weighted by Crippen LogP contribution is 2.35. The number of hydrogen-bond acceptors (Lipinski definition) is 12. The summed E-state index contributed by atoms with van der Waals surface area (Å²) in [6, 6.07) is 14.0. The molecule has 2 N–H and O–H groups in total. The number of rotatable bonds is 15. The van der Waals surface area contributed by atoms with Crippen LogP contribution in [0.15, 0.2) is 54.8 Å². The van der Waals surface area contributed by atoms with Crippen LogP contribution in [0.25, 0.3) is 5.76 Å². The topological polar surface area (TPSA) is 156 Å². The molecule has 2 aromatic carbocycles. The van der Waals surface area contributed by atoms with Crippen molar-refractivity contribution >= 4 is 41.2 Å². The van der Waals surface area contributed by atoms with Crippen molar-refractivity contribution in [3.05, 3.63) is 76.5 Å². The molecule has 0 aliphatic carbocycles. The standard InChI is InChI=1S/C32H38ClNO11/c1-6-40-28(36)20(4)43-30(38)32(31(39)44-21(5)29(37)41-7-2)42-18-27(45-32)24-12-8-10-22(15-24)14-19(3)34-17-26(35)23-11-9-13-25(33)16-23/h8-13,15-16,18-21,26,34-35H,6-7,14,17H2,1-5H3. The van der Waals surface area contributed by atoms with E-state index < -0.39 is 48.0 Å². The molecule has 0 saturated carbocycles. The molecule has 4 atom stereocenters. The number of halogens is 1.